The topological polar surface area (TPSA) is 52.6 Å². The lowest BCUT2D eigenvalue weighted by Crippen LogP contribution is -2.23. The van der Waals surface area contributed by atoms with Gasteiger partial charge in [0.2, 0.25) is 0 Å². The molecule has 0 saturated carbocycles. The number of halogens is 1. The molecule has 0 aromatic heterocycles. The fourth-order valence-corrected chi connectivity index (χ4v) is 2.28. The molecule has 0 bridgehead atoms. The molecule has 1 atom stereocenters. The first-order valence-corrected chi connectivity index (χ1v) is 8.52. The standard InChI is InChI=1S/C19H27FO4/c1-4-7-17(14(2)3)24-19(22)11-6-10-18(21)23-13-15-8-5-9-16(20)12-15/h5,8-9,12,14,17H,4,6-7,10-11,13H2,1-3H3. The van der Waals surface area contributed by atoms with Crippen molar-refractivity contribution >= 4 is 11.9 Å². The number of ether oxygens (including phenoxy) is 2. The Balaban J connectivity index is 2.23. The van der Waals surface area contributed by atoms with Crippen LogP contribution in [0.1, 0.15) is 58.4 Å². The van der Waals surface area contributed by atoms with E-state index in [0.717, 1.165) is 12.8 Å². The molecule has 0 spiro atoms. The Hall–Kier alpha value is -1.91. The third kappa shape index (κ3) is 8.09. The summed E-state index contributed by atoms with van der Waals surface area (Å²) in [6.45, 7) is 6.14. The van der Waals surface area contributed by atoms with Gasteiger partial charge in [-0.1, -0.05) is 39.3 Å². The van der Waals surface area contributed by atoms with Gasteiger partial charge in [-0.15, -0.1) is 0 Å². The van der Waals surface area contributed by atoms with Gasteiger partial charge in [-0.05, 0) is 36.5 Å². The second kappa shape index (κ2) is 10.8. The number of hydrogen-bond acceptors (Lipinski definition) is 4. The number of carbonyl (C=O) groups is 2. The van der Waals surface area contributed by atoms with Gasteiger partial charge >= 0.3 is 11.9 Å². The van der Waals surface area contributed by atoms with Crippen LogP contribution in [0.25, 0.3) is 0 Å². The van der Waals surface area contributed by atoms with Gasteiger partial charge in [0.15, 0.2) is 0 Å². The van der Waals surface area contributed by atoms with Crippen molar-refractivity contribution < 1.29 is 23.5 Å². The maximum atomic E-state index is 13.0. The van der Waals surface area contributed by atoms with Crippen LogP contribution < -0.4 is 0 Å². The summed E-state index contributed by atoms with van der Waals surface area (Å²) in [7, 11) is 0. The van der Waals surface area contributed by atoms with Gasteiger partial charge in [-0.3, -0.25) is 9.59 Å². The molecule has 0 fully saturated rings. The Morgan fingerprint density at radius 2 is 1.88 bits per heavy atom. The van der Waals surface area contributed by atoms with E-state index in [2.05, 4.69) is 6.92 Å². The summed E-state index contributed by atoms with van der Waals surface area (Å²) < 4.78 is 23.5. The maximum absolute atomic E-state index is 13.0. The summed E-state index contributed by atoms with van der Waals surface area (Å²) in [4.78, 5) is 23.5. The molecule has 0 N–H and O–H groups in total. The van der Waals surface area contributed by atoms with Crippen molar-refractivity contribution in [2.75, 3.05) is 0 Å². The molecule has 0 radical (unpaired) electrons. The molecule has 5 heteroatoms. The number of hydrogen-bond donors (Lipinski definition) is 0. The van der Waals surface area contributed by atoms with E-state index in [-0.39, 0.29) is 43.3 Å². The van der Waals surface area contributed by atoms with Crippen LogP contribution >= 0.6 is 0 Å². The Morgan fingerprint density at radius 1 is 1.17 bits per heavy atom. The van der Waals surface area contributed by atoms with Gasteiger partial charge in [0.25, 0.3) is 0 Å². The average Bonchev–Trinajstić information content (AvgIpc) is 2.52. The Labute approximate surface area is 143 Å². The molecular formula is C19H27FO4. The quantitative estimate of drug-likeness (QED) is 0.593. The molecule has 4 nitrogen and oxygen atoms in total. The SMILES string of the molecule is CCCC(OC(=O)CCCC(=O)OCc1cccc(F)c1)C(C)C. The number of rotatable bonds is 10. The van der Waals surface area contributed by atoms with Gasteiger partial charge in [-0.25, -0.2) is 4.39 Å². The predicted molar refractivity (Wildman–Crippen MR) is 89.7 cm³/mol. The largest absolute Gasteiger partial charge is 0.462 e. The fourth-order valence-electron chi connectivity index (χ4n) is 2.28. The van der Waals surface area contributed by atoms with E-state index >= 15 is 0 Å². The lowest BCUT2D eigenvalue weighted by molar-refractivity contribution is -0.152. The van der Waals surface area contributed by atoms with Crippen LogP contribution in [0, 0.1) is 11.7 Å². The zero-order chi connectivity index (χ0) is 17.9. The van der Waals surface area contributed by atoms with Crippen LogP contribution in [0.4, 0.5) is 4.39 Å². The summed E-state index contributed by atoms with van der Waals surface area (Å²) in [5.41, 5.74) is 0.599. The zero-order valence-corrected chi connectivity index (χ0v) is 14.7. The minimum atomic E-state index is -0.402. The molecule has 0 aliphatic heterocycles. The highest BCUT2D eigenvalue weighted by Gasteiger charge is 2.17. The van der Waals surface area contributed by atoms with Crippen molar-refractivity contribution in [1.29, 1.82) is 0 Å². The van der Waals surface area contributed by atoms with Crippen molar-refractivity contribution in [3.8, 4) is 0 Å². The predicted octanol–water partition coefficient (Wildman–Crippen LogP) is 4.41. The summed E-state index contributed by atoms with van der Waals surface area (Å²) in [6.07, 6.45) is 2.47. The first-order valence-electron chi connectivity index (χ1n) is 8.52. The van der Waals surface area contributed by atoms with E-state index in [1.54, 1.807) is 12.1 Å². The van der Waals surface area contributed by atoms with Crippen LogP contribution in [0.2, 0.25) is 0 Å². The van der Waals surface area contributed by atoms with Crippen LogP contribution in [0.5, 0.6) is 0 Å². The zero-order valence-electron chi connectivity index (χ0n) is 14.7. The third-order valence-corrected chi connectivity index (χ3v) is 3.65. The van der Waals surface area contributed by atoms with Crippen molar-refractivity contribution in [3.05, 3.63) is 35.6 Å². The normalized spacial score (nSPS) is 12.0. The summed E-state index contributed by atoms with van der Waals surface area (Å²) in [6, 6.07) is 5.91. The molecule has 0 heterocycles. The first-order chi connectivity index (χ1) is 11.4. The van der Waals surface area contributed by atoms with Crippen LogP contribution in [0.3, 0.4) is 0 Å². The molecule has 134 valence electrons. The van der Waals surface area contributed by atoms with E-state index < -0.39 is 5.97 Å². The monoisotopic (exact) mass is 338 g/mol. The summed E-state index contributed by atoms with van der Waals surface area (Å²) >= 11 is 0. The van der Waals surface area contributed by atoms with E-state index in [1.807, 2.05) is 13.8 Å². The molecule has 1 aromatic rings. The van der Waals surface area contributed by atoms with E-state index in [1.165, 1.54) is 12.1 Å². The van der Waals surface area contributed by atoms with Crippen molar-refractivity contribution in [1.82, 2.24) is 0 Å². The molecule has 0 aliphatic carbocycles. The second-order valence-corrected chi connectivity index (χ2v) is 6.21. The number of carbonyl (C=O) groups excluding carboxylic acids is 2. The molecule has 1 unspecified atom stereocenters. The average molecular weight is 338 g/mol. The lowest BCUT2D eigenvalue weighted by Gasteiger charge is -2.20. The van der Waals surface area contributed by atoms with E-state index in [0.29, 0.717) is 12.0 Å². The first kappa shape index (κ1) is 20.1. The van der Waals surface area contributed by atoms with Crippen molar-refractivity contribution in [2.45, 2.75) is 65.6 Å². The Kier molecular flexibility index (Phi) is 9.05. The van der Waals surface area contributed by atoms with E-state index in [4.69, 9.17) is 9.47 Å². The summed E-state index contributed by atoms with van der Waals surface area (Å²) in [5.74, 6) is -0.760. The van der Waals surface area contributed by atoms with E-state index in [9.17, 15) is 14.0 Å². The van der Waals surface area contributed by atoms with Gasteiger partial charge in [0.1, 0.15) is 18.5 Å². The molecule has 0 saturated heterocycles. The van der Waals surface area contributed by atoms with Crippen molar-refractivity contribution in [3.63, 3.8) is 0 Å². The molecule has 1 rings (SSSR count). The molecular weight excluding hydrogens is 311 g/mol. The smallest absolute Gasteiger partial charge is 0.306 e. The van der Waals surface area contributed by atoms with Crippen LogP contribution in [-0.2, 0) is 25.7 Å². The van der Waals surface area contributed by atoms with Gasteiger partial charge in [-0.2, -0.15) is 0 Å². The summed E-state index contributed by atoms with van der Waals surface area (Å²) in [5, 5.41) is 0. The Morgan fingerprint density at radius 3 is 2.50 bits per heavy atom. The Bertz CT molecular complexity index is 528. The van der Waals surface area contributed by atoms with Gasteiger partial charge < -0.3 is 9.47 Å². The lowest BCUT2D eigenvalue weighted by atomic mass is 10.0. The highest BCUT2D eigenvalue weighted by molar-refractivity contribution is 5.72. The minimum Gasteiger partial charge on any atom is -0.462 e. The van der Waals surface area contributed by atoms with Crippen LogP contribution in [0.15, 0.2) is 24.3 Å². The second-order valence-electron chi connectivity index (χ2n) is 6.21. The highest BCUT2D eigenvalue weighted by Crippen LogP contribution is 2.14. The van der Waals surface area contributed by atoms with Gasteiger partial charge in [0, 0.05) is 12.8 Å². The molecule has 24 heavy (non-hydrogen) atoms. The molecule has 1 aromatic carbocycles. The highest BCUT2D eigenvalue weighted by atomic mass is 19.1. The number of esters is 2. The number of benzene rings is 1. The molecule has 0 amide bonds. The molecule has 0 aliphatic rings. The fraction of sp³-hybridized carbons (Fsp3) is 0.579. The minimum absolute atomic E-state index is 0.0347. The van der Waals surface area contributed by atoms with Crippen molar-refractivity contribution in [2.24, 2.45) is 5.92 Å². The van der Waals surface area contributed by atoms with Crippen LogP contribution in [-0.4, -0.2) is 18.0 Å². The maximum Gasteiger partial charge on any atom is 0.306 e. The van der Waals surface area contributed by atoms with Gasteiger partial charge in [0.05, 0.1) is 0 Å². The third-order valence-electron chi connectivity index (χ3n) is 3.65.